The van der Waals surface area contributed by atoms with Crippen molar-refractivity contribution in [2.75, 3.05) is 5.32 Å². The third-order valence-electron chi connectivity index (χ3n) is 4.70. The number of aryl methyl sites for hydroxylation is 2. The number of fused-ring (bicyclic) bond motifs is 1. The van der Waals surface area contributed by atoms with E-state index in [1.54, 1.807) is 0 Å². The highest BCUT2D eigenvalue weighted by atomic mass is 16.6. The summed E-state index contributed by atoms with van der Waals surface area (Å²) in [7, 11) is 0. The number of hydrogen-bond acceptors (Lipinski definition) is 3. The molecule has 1 heterocycles. The van der Waals surface area contributed by atoms with E-state index in [1.807, 2.05) is 12.1 Å². The molecule has 1 saturated heterocycles. The quantitative estimate of drug-likeness (QED) is 0.692. The Morgan fingerprint density at radius 1 is 0.920 bits per heavy atom. The van der Waals surface area contributed by atoms with Crippen LogP contribution in [-0.4, -0.2) is 12.0 Å². The first kappa shape index (κ1) is 15.7. The van der Waals surface area contributed by atoms with Crippen LogP contribution >= 0.6 is 0 Å². The fraction of sp³-hybridized carbons (Fsp3) is 0.227. The minimum atomic E-state index is -0.308. The summed E-state index contributed by atoms with van der Waals surface area (Å²) >= 11 is 0. The van der Waals surface area contributed by atoms with Crippen LogP contribution in [0.5, 0.6) is 0 Å². The lowest BCUT2D eigenvalue weighted by atomic mass is 10.0. The van der Waals surface area contributed by atoms with E-state index in [4.69, 9.17) is 4.74 Å². The number of esters is 1. The van der Waals surface area contributed by atoms with Gasteiger partial charge in [0, 0.05) is 12.1 Å². The van der Waals surface area contributed by atoms with Crippen molar-refractivity contribution in [3.8, 4) is 0 Å². The monoisotopic (exact) mass is 331 g/mol. The van der Waals surface area contributed by atoms with Crippen LogP contribution in [0, 0.1) is 13.8 Å². The molecule has 0 aliphatic carbocycles. The highest BCUT2D eigenvalue weighted by Gasteiger charge is 2.35. The van der Waals surface area contributed by atoms with Gasteiger partial charge in [-0.1, -0.05) is 42.5 Å². The summed E-state index contributed by atoms with van der Waals surface area (Å²) in [5.41, 5.74) is 4.38. The number of carbonyl (C=O) groups excluding carboxylic acids is 1. The van der Waals surface area contributed by atoms with Gasteiger partial charge in [-0.25, -0.2) is 4.79 Å². The van der Waals surface area contributed by atoms with Crippen LogP contribution in [0.25, 0.3) is 10.8 Å². The molecule has 3 aromatic carbocycles. The summed E-state index contributed by atoms with van der Waals surface area (Å²) in [5, 5.41) is 5.70. The Bertz CT molecular complexity index is 927. The van der Waals surface area contributed by atoms with Gasteiger partial charge in [0.25, 0.3) is 0 Å². The van der Waals surface area contributed by atoms with Crippen molar-refractivity contribution >= 4 is 22.4 Å². The number of carbonyl (C=O) groups is 1. The molecule has 0 aromatic heterocycles. The van der Waals surface area contributed by atoms with E-state index in [9.17, 15) is 4.79 Å². The van der Waals surface area contributed by atoms with E-state index in [2.05, 4.69) is 67.7 Å². The molecule has 25 heavy (non-hydrogen) atoms. The van der Waals surface area contributed by atoms with Crippen molar-refractivity contribution in [1.29, 1.82) is 0 Å². The normalized spacial score (nSPS) is 19.8. The van der Waals surface area contributed by atoms with E-state index in [1.165, 1.54) is 21.9 Å². The number of hydrogen-bond donors (Lipinski definition) is 1. The lowest BCUT2D eigenvalue weighted by Crippen LogP contribution is -2.24. The number of ether oxygens (including phenoxy) is 1. The second-order valence-electron chi connectivity index (χ2n) is 6.84. The molecule has 0 amide bonds. The summed E-state index contributed by atoms with van der Waals surface area (Å²) in [6.45, 7) is 4.12. The van der Waals surface area contributed by atoms with E-state index in [-0.39, 0.29) is 18.1 Å². The molecule has 2 atom stereocenters. The van der Waals surface area contributed by atoms with Gasteiger partial charge < -0.3 is 10.1 Å². The third kappa shape index (κ3) is 3.22. The smallest absolute Gasteiger partial charge is 0.329 e. The van der Waals surface area contributed by atoms with Crippen molar-refractivity contribution in [3.63, 3.8) is 0 Å². The second kappa shape index (κ2) is 6.25. The molecule has 1 unspecified atom stereocenters. The zero-order chi connectivity index (χ0) is 17.4. The number of nitrogens with one attached hydrogen (secondary N) is 1. The Kier molecular flexibility index (Phi) is 3.92. The number of anilines is 1. The molecular weight excluding hydrogens is 310 g/mol. The Morgan fingerprint density at radius 2 is 1.64 bits per heavy atom. The van der Waals surface area contributed by atoms with Crippen LogP contribution in [0.15, 0.2) is 60.7 Å². The summed E-state index contributed by atoms with van der Waals surface area (Å²) in [5.74, 6) is -0.183. The zero-order valence-corrected chi connectivity index (χ0v) is 14.5. The van der Waals surface area contributed by atoms with Crippen LogP contribution in [0.3, 0.4) is 0 Å². The van der Waals surface area contributed by atoms with E-state index in [0.29, 0.717) is 6.42 Å². The van der Waals surface area contributed by atoms with Crippen LogP contribution in [0.4, 0.5) is 5.69 Å². The minimum Gasteiger partial charge on any atom is -0.456 e. The average molecular weight is 331 g/mol. The van der Waals surface area contributed by atoms with Gasteiger partial charge in [-0.05, 0) is 59.5 Å². The Balaban J connectivity index is 1.54. The molecule has 1 aliphatic rings. The van der Waals surface area contributed by atoms with E-state index >= 15 is 0 Å². The molecule has 126 valence electrons. The molecule has 0 radical (unpaired) electrons. The van der Waals surface area contributed by atoms with Crippen molar-refractivity contribution in [1.82, 2.24) is 0 Å². The first-order valence-corrected chi connectivity index (χ1v) is 8.62. The van der Waals surface area contributed by atoms with E-state index in [0.717, 1.165) is 11.3 Å². The minimum absolute atomic E-state index is 0.183. The van der Waals surface area contributed by atoms with Crippen molar-refractivity contribution in [2.24, 2.45) is 0 Å². The zero-order valence-electron chi connectivity index (χ0n) is 14.5. The maximum Gasteiger partial charge on any atom is 0.329 e. The fourth-order valence-electron chi connectivity index (χ4n) is 3.57. The van der Waals surface area contributed by atoms with Crippen LogP contribution in [0.1, 0.15) is 29.2 Å². The molecule has 4 rings (SSSR count). The van der Waals surface area contributed by atoms with E-state index < -0.39 is 0 Å². The van der Waals surface area contributed by atoms with Crippen LogP contribution in [0.2, 0.25) is 0 Å². The lowest BCUT2D eigenvalue weighted by Gasteiger charge is -2.12. The summed E-state index contributed by atoms with van der Waals surface area (Å²) in [4.78, 5) is 12.3. The third-order valence-corrected chi connectivity index (χ3v) is 4.70. The Hall–Kier alpha value is -2.81. The molecule has 1 aliphatic heterocycles. The predicted molar refractivity (Wildman–Crippen MR) is 101 cm³/mol. The standard InChI is InChI=1S/C22H21NO2/c1-14-9-15(2)11-19(10-14)23-20-13-21(25-22(20)24)18-8-7-16-5-3-4-6-17(16)12-18/h3-12,20-21,23H,13H2,1-2H3/t20-,21?/m1/s1. The highest BCUT2D eigenvalue weighted by molar-refractivity contribution is 5.84. The predicted octanol–water partition coefficient (Wildman–Crippen LogP) is 4.93. The largest absolute Gasteiger partial charge is 0.456 e. The van der Waals surface area contributed by atoms with Gasteiger partial charge in [0.15, 0.2) is 0 Å². The maximum atomic E-state index is 12.3. The first-order chi connectivity index (χ1) is 12.1. The molecule has 0 saturated carbocycles. The molecular formula is C22H21NO2. The molecule has 3 nitrogen and oxygen atoms in total. The molecule has 1 N–H and O–H groups in total. The number of cyclic esters (lactones) is 1. The van der Waals surface area contributed by atoms with Gasteiger partial charge in [0.2, 0.25) is 0 Å². The first-order valence-electron chi connectivity index (χ1n) is 8.62. The topological polar surface area (TPSA) is 38.3 Å². The molecule has 0 bridgehead atoms. The molecule has 3 heteroatoms. The van der Waals surface area contributed by atoms with Gasteiger partial charge in [-0.3, -0.25) is 0 Å². The maximum absolute atomic E-state index is 12.3. The fourth-order valence-corrected chi connectivity index (χ4v) is 3.57. The molecule has 3 aromatic rings. The average Bonchev–Trinajstić information content (AvgIpc) is 2.94. The Morgan fingerprint density at radius 3 is 2.40 bits per heavy atom. The molecule has 1 fully saturated rings. The van der Waals surface area contributed by atoms with Crippen molar-refractivity contribution in [3.05, 3.63) is 77.4 Å². The summed E-state index contributed by atoms with van der Waals surface area (Å²) < 4.78 is 5.64. The summed E-state index contributed by atoms with van der Waals surface area (Å²) in [6.07, 6.45) is 0.449. The number of rotatable bonds is 3. The van der Waals surface area contributed by atoms with Crippen molar-refractivity contribution < 1.29 is 9.53 Å². The van der Waals surface area contributed by atoms with Gasteiger partial charge in [0.1, 0.15) is 12.1 Å². The van der Waals surface area contributed by atoms with Gasteiger partial charge in [0.05, 0.1) is 0 Å². The van der Waals surface area contributed by atoms with Gasteiger partial charge in [-0.15, -0.1) is 0 Å². The second-order valence-corrected chi connectivity index (χ2v) is 6.84. The summed E-state index contributed by atoms with van der Waals surface area (Å²) in [6, 6.07) is 20.4. The van der Waals surface area contributed by atoms with Gasteiger partial charge in [-0.2, -0.15) is 0 Å². The Labute approximate surface area is 147 Å². The van der Waals surface area contributed by atoms with Gasteiger partial charge >= 0.3 is 5.97 Å². The lowest BCUT2D eigenvalue weighted by molar-refractivity contribution is -0.142. The number of benzene rings is 3. The SMILES string of the molecule is Cc1cc(C)cc(N[C@@H]2CC(c3ccc4ccccc4c3)OC2=O)c1. The highest BCUT2D eigenvalue weighted by Crippen LogP contribution is 2.33. The molecule has 0 spiro atoms. The van der Waals surface area contributed by atoms with Crippen LogP contribution < -0.4 is 5.32 Å². The van der Waals surface area contributed by atoms with Crippen molar-refractivity contribution in [2.45, 2.75) is 32.4 Å². The van der Waals surface area contributed by atoms with Crippen LogP contribution in [-0.2, 0) is 9.53 Å².